The molecule has 0 aromatic heterocycles. The van der Waals surface area contributed by atoms with Crippen molar-refractivity contribution in [1.82, 2.24) is 10.6 Å². The standard InChI is InChI=1S/C14H18F2N2O.ClH/c1-8-5-6-17-9(2)13(8)18-14(19)10-3-4-11(15)12(16)7-10;/h3-4,7-9,13,17H,5-6H2,1-2H3,(H,18,19);1H. The molecule has 1 aromatic carbocycles. The molecule has 0 aliphatic carbocycles. The number of nitrogens with one attached hydrogen (secondary N) is 2. The highest BCUT2D eigenvalue weighted by Gasteiger charge is 2.29. The fourth-order valence-electron chi connectivity index (χ4n) is 2.48. The average Bonchev–Trinajstić information content (AvgIpc) is 2.37. The Morgan fingerprint density at radius 3 is 2.60 bits per heavy atom. The van der Waals surface area contributed by atoms with Crippen LogP contribution in [-0.2, 0) is 0 Å². The van der Waals surface area contributed by atoms with E-state index in [1.54, 1.807) is 0 Å². The summed E-state index contributed by atoms with van der Waals surface area (Å²) in [7, 11) is 0. The van der Waals surface area contributed by atoms with Crippen molar-refractivity contribution in [2.45, 2.75) is 32.4 Å². The zero-order chi connectivity index (χ0) is 14.0. The van der Waals surface area contributed by atoms with E-state index in [0.717, 1.165) is 25.1 Å². The van der Waals surface area contributed by atoms with Gasteiger partial charge < -0.3 is 10.6 Å². The smallest absolute Gasteiger partial charge is 0.251 e. The van der Waals surface area contributed by atoms with Gasteiger partial charge in [0.1, 0.15) is 0 Å². The van der Waals surface area contributed by atoms with E-state index in [0.29, 0.717) is 5.92 Å². The Balaban J connectivity index is 0.00000200. The third-order valence-corrected chi connectivity index (χ3v) is 3.70. The third kappa shape index (κ3) is 3.67. The van der Waals surface area contributed by atoms with E-state index >= 15 is 0 Å². The number of carbonyl (C=O) groups excluding carboxylic acids is 1. The number of piperidine rings is 1. The zero-order valence-electron chi connectivity index (χ0n) is 11.5. The topological polar surface area (TPSA) is 41.1 Å². The SMILES string of the molecule is CC1CCNC(C)C1NC(=O)c1ccc(F)c(F)c1.Cl. The van der Waals surface area contributed by atoms with Gasteiger partial charge in [-0.1, -0.05) is 6.92 Å². The van der Waals surface area contributed by atoms with E-state index in [2.05, 4.69) is 17.6 Å². The maximum atomic E-state index is 13.1. The van der Waals surface area contributed by atoms with E-state index in [1.807, 2.05) is 6.92 Å². The second kappa shape index (κ2) is 6.99. The van der Waals surface area contributed by atoms with Gasteiger partial charge in [0.05, 0.1) is 0 Å². The Labute approximate surface area is 123 Å². The molecule has 3 nitrogen and oxygen atoms in total. The lowest BCUT2D eigenvalue weighted by Crippen LogP contribution is -2.55. The number of hydrogen-bond acceptors (Lipinski definition) is 2. The first-order valence-electron chi connectivity index (χ1n) is 6.48. The van der Waals surface area contributed by atoms with Crippen molar-refractivity contribution in [3.8, 4) is 0 Å². The fraction of sp³-hybridized carbons (Fsp3) is 0.500. The average molecular weight is 305 g/mol. The Morgan fingerprint density at radius 1 is 1.30 bits per heavy atom. The molecule has 1 aromatic rings. The van der Waals surface area contributed by atoms with Gasteiger partial charge in [0.2, 0.25) is 0 Å². The maximum Gasteiger partial charge on any atom is 0.251 e. The van der Waals surface area contributed by atoms with Crippen molar-refractivity contribution in [3.05, 3.63) is 35.4 Å². The quantitative estimate of drug-likeness (QED) is 0.881. The van der Waals surface area contributed by atoms with Crippen LogP contribution in [0, 0.1) is 17.6 Å². The van der Waals surface area contributed by atoms with Gasteiger partial charge >= 0.3 is 0 Å². The summed E-state index contributed by atoms with van der Waals surface area (Å²) < 4.78 is 25.9. The Bertz CT molecular complexity index is 474. The number of amides is 1. The second-order valence-corrected chi connectivity index (χ2v) is 5.14. The molecule has 0 radical (unpaired) electrons. The minimum Gasteiger partial charge on any atom is -0.347 e. The van der Waals surface area contributed by atoms with Crippen LogP contribution in [0.2, 0.25) is 0 Å². The van der Waals surface area contributed by atoms with Crippen molar-refractivity contribution in [1.29, 1.82) is 0 Å². The highest BCUT2D eigenvalue weighted by Crippen LogP contribution is 2.17. The van der Waals surface area contributed by atoms with Crippen LogP contribution < -0.4 is 10.6 Å². The van der Waals surface area contributed by atoms with Gasteiger partial charge in [0.15, 0.2) is 11.6 Å². The molecule has 0 saturated carbocycles. The minimum absolute atomic E-state index is 0. The molecule has 20 heavy (non-hydrogen) atoms. The molecule has 0 bridgehead atoms. The molecule has 1 aliphatic heterocycles. The summed E-state index contributed by atoms with van der Waals surface area (Å²) in [5.41, 5.74) is 0.142. The summed E-state index contributed by atoms with van der Waals surface area (Å²) in [4.78, 5) is 12.0. The van der Waals surface area contributed by atoms with Gasteiger partial charge in [-0.25, -0.2) is 8.78 Å². The van der Waals surface area contributed by atoms with Gasteiger partial charge in [-0.3, -0.25) is 4.79 Å². The molecule has 112 valence electrons. The van der Waals surface area contributed by atoms with Gasteiger partial charge in [0.25, 0.3) is 5.91 Å². The lowest BCUT2D eigenvalue weighted by Gasteiger charge is -2.36. The summed E-state index contributed by atoms with van der Waals surface area (Å²) >= 11 is 0. The first-order valence-corrected chi connectivity index (χ1v) is 6.48. The van der Waals surface area contributed by atoms with E-state index < -0.39 is 11.6 Å². The molecule has 2 N–H and O–H groups in total. The predicted molar refractivity (Wildman–Crippen MR) is 76.1 cm³/mol. The van der Waals surface area contributed by atoms with Gasteiger partial charge in [0, 0.05) is 17.6 Å². The van der Waals surface area contributed by atoms with E-state index in [9.17, 15) is 13.6 Å². The molecular formula is C14H19ClF2N2O. The Morgan fingerprint density at radius 2 is 2.00 bits per heavy atom. The molecule has 1 saturated heterocycles. The molecule has 1 fully saturated rings. The molecule has 1 aliphatic rings. The van der Waals surface area contributed by atoms with E-state index in [-0.39, 0.29) is 36.0 Å². The van der Waals surface area contributed by atoms with Crippen LogP contribution in [0.15, 0.2) is 18.2 Å². The minimum atomic E-state index is -1.00. The van der Waals surface area contributed by atoms with Crippen LogP contribution in [0.1, 0.15) is 30.6 Å². The highest BCUT2D eigenvalue weighted by atomic mass is 35.5. The predicted octanol–water partition coefficient (Wildman–Crippen LogP) is 2.50. The summed E-state index contributed by atoms with van der Waals surface area (Å²) in [5, 5.41) is 6.18. The number of rotatable bonds is 2. The van der Waals surface area contributed by atoms with Gasteiger partial charge in [-0.2, -0.15) is 0 Å². The van der Waals surface area contributed by atoms with Crippen molar-refractivity contribution in [2.24, 2.45) is 5.92 Å². The van der Waals surface area contributed by atoms with Crippen LogP contribution in [-0.4, -0.2) is 24.5 Å². The van der Waals surface area contributed by atoms with Crippen LogP contribution in [0.4, 0.5) is 8.78 Å². The van der Waals surface area contributed by atoms with Crippen LogP contribution >= 0.6 is 12.4 Å². The molecule has 3 unspecified atom stereocenters. The van der Waals surface area contributed by atoms with Crippen molar-refractivity contribution >= 4 is 18.3 Å². The Kier molecular flexibility index (Phi) is 5.89. The molecule has 1 heterocycles. The Hall–Kier alpha value is -1.20. The summed E-state index contributed by atoms with van der Waals surface area (Å²) in [6, 6.07) is 3.35. The van der Waals surface area contributed by atoms with E-state index in [4.69, 9.17) is 0 Å². The normalized spacial score (nSPS) is 25.7. The summed E-state index contributed by atoms with van der Waals surface area (Å²) in [6.45, 7) is 5.01. The van der Waals surface area contributed by atoms with Crippen molar-refractivity contribution < 1.29 is 13.6 Å². The summed E-state index contributed by atoms with van der Waals surface area (Å²) in [6.07, 6.45) is 0.979. The van der Waals surface area contributed by atoms with Crippen LogP contribution in [0.25, 0.3) is 0 Å². The second-order valence-electron chi connectivity index (χ2n) is 5.14. The molecule has 0 spiro atoms. The largest absolute Gasteiger partial charge is 0.347 e. The molecule has 6 heteroatoms. The maximum absolute atomic E-state index is 13.1. The number of hydrogen-bond donors (Lipinski definition) is 2. The van der Waals surface area contributed by atoms with Crippen molar-refractivity contribution in [3.63, 3.8) is 0 Å². The first-order chi connectivity index (χ1) is 8.99. The van der Waals surface area contributed by atoms with Gasteiger partial charge in [-0.15, -0.1) is 12.4 Å². The first kappa shape index (κ1) is 16.9. The summed E-state index contributed by atoms with van der Waals surface area (Å²) in [5.74, 6) is -1.97. The number of benzene rings is 1. The zero-order valence-corrected chi connectivity index (χ0v) is 12.3. The monoisotopic (exact) mass is 304 g/mol. The van der Waals surface area contributed by atoms with Crippen molar-refractivity contribution in [2.75, 3.05) is 6.54 Å². The van der Waals surface area contributed by atoms with Crippen LogP contribution in [0.3, 0.4) is 0 Å². The molecule has 2 rings (SSSR count). The lowest BCUT2D eigenvalue weighted by molar-refractivity contribution is 0.0897. The molecule has 1 amide bonds. The molecule has 3 atom stereocenters. The van der Waals surface area contributed by atoms with Crippen LogP contribution in [0.5, 0.6) is 0 Å². The highest BCUT2D eigenvalue weighted by molar-refractivity contribution is 5.94. The van der Waals surface area contributed by atoms with Gasteiger partial charge in [-0.05, 0) is 44.0 Å². The third-order valence-electron chi connectivity index (χ3n) is 3.70. The lowest BCUT2D eigenvalue weighted by atomic mass is 9.89. The number of halogens is 3. The number of carbonyl (C=O) groups is 1. The molecular weight excluding hydrogens is 286 g/mol. The fourth-order valence-corrected chi connectivity index (χ4v) is 2.48. The van der Waals surface area contributed by atoms with E-state index in [1.165, 1.54) is 6.07 Å².